The van der Waals surface area contributed by atoms with Crippen LogP contribution in [0.4, 0.5) is 4.79 Å². The van der Waals surface area contributed by atoms with Crippen LogP contribution in [0.2, 0.25) is 0 Å². The largest absolute Gasteiger partial charge is 0.763 e. The van der Waals surface area contributed by atoms with Crippen LogP contribution in [0.25, 0.3) is 26.2 Å². The van der Waals surface area contributed by atoms with Crippen LogP contribution >= 0.6 is 0 Å². The van der Waals surface area contributed by atoms with E-state index in [1.165, 1.54) is 0 Å². The maximum Gasteiger partial charge on any atom is 0.528 e. The maximum absolute atomic E-state index is 12.5. The van der Waals surface area contributed by atoms with Crippen LogP contribution in [-0.4, -0.2) is 54.5 Å². The van der Waals surface area contributed by atoms with Gasteiger partial charge in [0, 0.05) is 43.0 Å². The van der Waals surface area contributed by atoms with Gasteiger partial charge in [0.25, 0.3) is 0 Å². The number of carbonyl (C=O) groups excluding carboxylic acids is 1. The van der Waals surface area contributed by atoms with Crippen molar-refractivity contribution in [1.82, 2.24) is 9.80 Å². The Bertz CT molecular complexity index is 2230. The monoisotopic (exact) mass is 710 g/mol. The summed E-state index contributed by atoms with van der Waals surface area (Å²) in [5.41, 5.74) is 7.19. The van der Waals surface area contributed by atoms with Crippen molar-refractivity contribution < 1.29 is 14.8 Å². The normalized spacial score (nSPS) is 15.4. The fraction of sp³-hybridized carbons (Fsp3) is 0.227. The Morgan fingerprint density at radius 2 is 1.54 bits per heavy atom. The van der Waals surface area contributed by atoms with Gasteiger partial charge >= 0.3 is 18.0 Å². The van der Waals surface area contributed by atoms with Gasteiger partial charge in [-0.25, -0.2) is 4.79 Å². The lowest BCUT2D eigenvalue weighted by Gasteiger charge is -2.37. The van der Waals surface area contributed by atoms with Crippen molar-refractivity contribution in [3.8, 4) is 18.2 Å². The van der Waals surface area contributed by atoms with Gasteiger partial charge in [0.2, 0.25) is 0 Å². The highest BCUT2D eigenvalue weighted by Gasteiger charge is 2.28. The van der Waals surface area contributed by atoms with E-state index in [2.05, 4.69) is 32.6 Å². The molecule has 1 heterocycles. The molecule has 0 radical (unpaired) electrons. The van der Waals surface area contributed by atoms with Crippen LogP contribution in [0.3, 0.4) is 0 Å². The Kier molecular flexibility index (Phi) is 14.0. The minimum atomic E-state index is -0.350. The van der Waals surface area contributed by atoms with Crippen LogP contribution in [0.15, 0.2) is 124 Å². The molecule has 266 valence electrons. The van der Waals surface area contributed by atoms with Crippen molar-refractivity contribution in [1.29, 1.82) is 10.5 Å². The van der Waals surface area contributed by atoms with Gasteiger partial charge in [0.1, 0.15) is 19.2 Å². The van der Waals surface area contributed by atoms with Crippen molar-refractivity contribution in [3.05, 3.63) is 175 Å². The van der Waals surface area contributed by atoms with Gasteiger partial charge in [-0.15, -0.1) is 0 Å². The molecule has 2 aromatic rings. The molecule has 4 rings (SSSR count). The lowest BCUT2D eigenvalue weighted by molar-refractivity contribution is -0.0908. The number of nitrogens with zero attached hydrogens (tertiary/aromatic N) is 7. The van der Waals surface area contributed by atoms with E-state index in [0.29, 0.717) is 62.3 Å². The molecule has 1 saturated heterocycles. The summed E-state index contributed by atoms with van der Waals surface area (Å²) in [5, 5.41) is 37.8. The molecular formula is C44H38N8O2. The second-order valence-corrected chi connectivity index (χ2v) is 12.3. The molecule has 2 aromatic carbocycles. The van der Waals surface area contributed by atoms with Crippen molar-refractivity contribution >= 4 is 23.1 Å². The van der Waals surface area contributed by atoms with Crippen LogP contribution < -0.4 is 5.26 Å². The van der Waals surface area contributed by atoms with E-state index in [-0.39, 0.29) is 34.2 Å². The molecule has 0 unspecified atom stereocenters. The number of carbonyl (C=O) groups is 1. The molecule has 10 heteroatoms. The third-order valence-corrected chi connectivity index (χ3v) is 8.90. The van der Waals surface area contributed by atoms with E-state index in [0.717, 1.165) is 28.0 Å². The molecule has 54 heavy (non-hydrogen) atoms. The number of hydrogen-bond donors (Lipinski definition) is 1. The first-order chi connectivity index (χ1) is 26.2. The summed E-state index contributed by atoms with van der Waals surface area (Å²) in [6.07, 6.45) is 11.7. The molecule has 2 aliphatic rings. The summed E-state index contributed by atoms with van der Waals surface area (Å²) >= 11 is 0. The third-order valence-electron chi connectivity index (χ3n) is 8.90. The predicted octanol–water partition coefficient (Wildman–Crippen LogP) is 7.04. The van der Waals surface area contributed by atoms with Crippen molar-refractivity contribution in [2.24, 2.45) is 0 Å². The Hall–Kier alpha value is -7.41. The standard InChI is InChI=1S/C44H37N8O2/c1-6-54-44(53)52-25-23-51(24-26-52)42-35(9-7-11-37(27-45)40(39(29-47)30-48)33-17-13-31(2)14-18-33)21-22-36(42)10-8-12-38(28-46)41(43(49-4)50-5)34-19-15-32(3)16-20-34/h7-20H,6,21-26H2,1-3H3/q-1/p+1/b10-8+,11-7+,35-9+,38-12+. The quantitative estimate of drug-likeness (QED) is 0.122. The number of piperazine rings is 1. The smallest absolute Gasteiger partial charge is 0.528 e. The third kappa shape index (κ3) is 9.47. The molecular weight excluding hydrogens is 673 g/mol. The number of amides is 1. The second-order valence-electron chi connectivity index (χ2n) is 12.3. The molecule has 0 bridgehead atoms. The zero-order valence-corrected chi connectivity index (χ0v) is 30.5. The summed E-state index contributed by atoms with van der Waals surface area (Å²) in [7, 11) is 0. The first-order valence-corrected chi connectivity index (χ1v) is 17.3. The molecule has 1 fully saturated rings. The lowest BCUT2D eigenvalue weighted by Crippen LogP contribution is -2.48. The Labute approximate surface area is 317 Å². The molecule has 0 aromatic heterocycles. The van der Waals surface area contributed by atoms with E-state index < -0.39 is 0 Å². The molecule has 0 saturated carbocycles. The van der Waals surface area contributed by atoms with E-state index in [1.54, 1.807) is 48.3 Å². The summed E-state index contributed by atoms with van der Waals surface area (Å²) in [6.45, 7) is 23.2. The first-order valence-electron chi connectivity index (χ1n) is 17.3. The van der Waals surface area contributed by atoms with Gasteiger partial charge in [0.05, 0.1) is 23.8 Å². The molecule has 0 atom stereocenters. The number of benzene rings is 2. The maximum atomic E-state index is 12.5. The van der Waals surface area contributed by atoms with E-state index in [1.807, 2.05) is 68.5 Å². The zero-order valence-electron chi connectivity index (χ0n) is 30.5. The number of ether oxygens (including phenoxy) is 1. The topological polar surface area (TPSA) is 135 Å². The Morgan fingerprint density at radius 1 is 0.926 bits per heavy atom. The SMILES string of the molecule is [C-]#[N+]C([N+]#[C-])=C(/C(C#N)=C/C=C/C1=C(N2CCN(C(=O)OCC)CC2)C(=C/C=C/C(=C=[N-])/C(=C(/C#N)C#[NH+])c2ccc(C)cc2)/CC1)c1ccc(C)cc1. The Morgan fingerprint density at radius 3 is 2.06 bits per heavy atom. The van der Waals surface area contributed by atoms with Gasteiger partial charge in [-0.2, -0.15) is 20.2 Å². The van der Waals surface area contributed by atoms with Crippen molar-refractivity contribution in [2.45, 2.75) is 33.6 Å². The van der Waals surface area contributed by atoms with Crippen LogP contribution in [0.1, 0.15) is 42.0 Å². The highest BCUT2D eigenvalue weighted by atomic mass is 16.6. The van der Waals surface area contributed by atoms with Crippen LogP contribution in [-0.2, 0) is 4.74 Å². The molecule has 1 amide bonds. The number of nitriles is 2. The van der Waals surface area contributed by atoms with Crippen LogP contribution in [0, 0.1) is 55.7 Å². The molecule has 1 aliphatic heterocycles. The number of allylic oxidation sites excluding steroid dienone is 13. The van der Waals surface area contributed by atoms with E-state index in [9.17, 15) is 20.7 Å². The summed E-state index contributed by atoms with van der Waals surface area (Å²) in [5.74, 6) is 2.01. The molecule has 0 spiro atoms. The molecule has 1 aliphatic carbocycles. The predicted molar refractivity (Wildman–Crippen MR) is 208 cm³/mol. The first kappa shape index (κ1) is 39.4. The number of nitrogens with one attached hydrogen (secondary N) is 1. The van der Waals surface area contributed by atoms with Crippen molar-refractivity contribution in [2.75, 3.05) is 32.8 Å². The average Bonchev–Trinajstić information content (AvgIpc) is 3.60. The minimum Gasteiger partial charge on any atom is -0.763 e. The highest BCUT2D eigenvalue weighted by Crippen LogP contribution is 2.36. The minimum absolute atomic E-state index is 0.0499. The molecule has 1 N–H and O–H groups in total. The van der Waals surface area contributed by atoms with Gasteiger partial charge in [-0.1, -0.05) is 89.2 Å². The van der Waals surface area contributed by atoms with Gasteiger partial charge < -0.3 is 19.9 Å². The molecule has 10 nitrogen and oxygen atoms in total. The van der Waals surface area contributed by atoms with Gasteiger partial charge in [-0.05, 0) is 68.0 Å². The summed E-state index contributed by atoms with van der Waals surface area (Å²) < 4.78 is 5.22. The van der Waals surface area contributed by atoms with Crippen LogP contribution in [0.5, 0.6) is 0 Å². The highest BCUT2D eigenvalue weighted by molar-refractivity contribution is 5.96. The second kappa shape index (κ2) is 19.3. The number of hydrogen-bond acceptors (Lipinski definition) is 5. The number of rotatable bonds is 10. The van der Waals surface area contributed by atoms with Gasteiger partial charge in [-0.3, -0.25) is 5.87 Å². The zero-order chi connectivity index (χ0) is 39.0. The lowest BCUT2D eigenvalue weighted by atomic mass is 9.93. The average molecular weight is 711 g/mol. The number of aryl methyl sites for hydroxylation is 2. The van der Waals surface area contributed by atoms with E-state index >= 15 is 0 Å². The Balaban J connectivity index is 1.76. The fourth-order valence-electron chi connectivity index (χ4n) is 6.21. The summed E-state index contributed by atoms with van der Waals surface area (Å²) in [4.78, 5) is 23.2. The van der Waals surface area contributed by atoms with Gasteiger partial charge in [0.15, 0.2) is 5.57 Å². The summed E-state index contributed by atoms with van der Waals surface area (Å²) in [6, 6.07) is 21.1. The van der Waals surface area contributed by atoms with E-state index in [4.69, 9.17) is 23.1 Å². The van der Waals surface area contributed by atoms with Crippen molar-refractivity contribution in [3.63, 3.8) is 0 Å². The fourth-order valence-corrected chi connectivity index (χ4v) is 6.21.